The van der Waals surface area contributed by atoms with E-state index >= 15 is 0 Å². The fraction of sp³-hybridized carbons (Fsp3) is 0.227. The number of methoxy groups -OCH3 is 2. The molecule has 0 radical (unpaired) electrons. The minimum absolute atomic E-state index is 0.0194. The molecule has 0 unspecified atom stereocenters. The number of hydrogen-bond donors (Lipinski definition) is 1. The van der Waals surface area contributed by atoms with Gasteiger partial charge in [0, 0.05) is 13.3 Å². The van der Waals surface area contributed by atoms with Crippen molar-refractivity contribution in [1.82, 2.24) is 24.9 Å². The summed E-state index contributed by atoms with van der Waals surface area (Å²) in [5.41, 5.74) is -1.97. The van der Waals surface area contributed by atoms with Gasteiger partial charge in [0.2, 0.25) is 0 Å². The van der Waals surface area contributed by atoms with Gasteiger partial charge in [0.05, 0.1) is 48.6 Å². The molecule has 14 heteroatoms. The Labute approximate surface area is 199 Å². The van der Waals surface area contributed by atoms with Crippen LogP contribution in [-0.2, 0) is 23.7 Å². The zero-order chi connectivity index (χ0) is 26.1. The second kappa shape index (κ2) is 9.53. The number of rotatable bonds is 6. The number of aromatic nitrogens is 5. The molecule has 4 aromatic rings. The Hall–Kier alpha value is -4.07. The maximum absolute atomic E-state index is 13.7. The molecule has 0 aromatic carbocycles. The fourth-order valence-corrected chi connectivity index (χ4v) is 3.23. The second-order valence-electron chi connectivity index (χ2n) is 7.35. The van der Waals surface area contributed by atoms with Crippen LogP contribution in [0.5, 0.6) is 5.75 Å². The molecular formula is C22H16F6N6O2. The predicted molar refractivity (Wildman–Crippen MR) is 115 cm³/mol. The Bertz CT molecular complexity index is 1390. The van der Waals surface area contributed by atoms with Gasteiger partial charge in [0.1, 0.15) is 28.5 Å². The van der Waals surface area contributed by atoms with Crippen molar-refractivity contribution < 1.29 is 35.8 Å². The molecule has 8 nitrogen and oxygen atoms in total. The maximum atomic E-state index is 13.7. The lowest BCUT2D eigenvalue weighted by Crippen LogP contribution is -2.10. The van der Waals surface area contributed by atoms with Crippen molar-refractivity contribution in [2.75, 3.05) is 19.5 Å². The molecule has 0 aliphatic rings. The van der Waals surface area contributed by atoms with Gasteiger partial charge in [-0.15, -0.1) is 0 Å². The van der Waals surface area contributed by atoms with Crippen LogP contribution in [0.15, 0.2) is 42.9 Å². The van der Waals surface area contributed by atoms with Crippen molar-refractivity contribution in [2.24, 2.45) is 0 Å². The molecule has 0 saturated carbocycles. The summed E-state index contributed by atoms with van der Waals surface area (Å²) in [5.74, 6) is -0.0169. The van der Waals surface area contributed by atoms with E-state index in [4.69, 9.17) is 9.47 Å². The normalized spacial score (nSPS) is 12.1. The molecule has 4 heterocycles. The third kappa shape index (κ3) is 5.27. The Morgan fingerprint density at radius 3 is 2.25 bits per heavy atom. The van der Waals surface area contributed by atoms with E-state index in [-0.39, 0.29) is 40.7 Å². The van der Waals surface area contributed by atoms with Gasteiger partial charge in [-0.3, -0.25) is 4.98 Å². The van der Waals surface area contributed by atoms with Crippen LogP contribution >= 0.6 is 0 Å². The predicted octanol–water partition coefficient (Wildman–Crippen LogP) is 5.42. The molecular weight excluding hydrogens is 494 g/mol. The van der Waals surface area contributed by atoms with E-state index in [0.717, 1.165) is 30.6 Å². The average molecular weight is 510 g/mol. The van der Waals surface area contributed by atoms with E-state index in [2.05, 4.69) is 30.2 Å². The first kappa shape index (κ1) is 25.0. The highest BCUT2D eigenvalue weighted by Gasteiger charge is 2.36. The van der Waals surface area contributed by atoms with Crippen LogP contribution in [-0.4, -0.2) is 39.1 Å². The lowest BCUT2D eigenvalue weighted by Gasteiger charge is -2.14. The Kier molecular flexibility index (Phi) is 6.63. The van der Waals surface area contributed by atoms with Crippen LogP contribution in [0, 0.1) is 0 Å². The number of anilines is 2. The summed E-state index contributed by atoms with van der Waals surface area (Å²) in [7, 11) is 2.63. The van der Waals surface area contributed by atoms with Gasteiger partial charge in [-0.2, -0.15) is 26.3 Å². The number of nitrogens with zero attached hydrogens (tertiary/aromatic N) is 5. The highest BCUT2D eigenvalue weighted by molar-refractivity contribution is 5.88. The van der Waals surface area contributed by atoms with Gasteiger partial charge in [0.15, 0.2) is 5.65 Å². The standard InChI is InChI=1S/C22H16F6N6O2/c1-35-10-12-5-15(33-17-4-3-11(7-29-17)21(23,24)25)19-20(32-12)34-16(9-31-19)18-14(22(26,27)28)6-13(36-2)8-30-18/h3-9H,10H2,1-2H3,(H,29,32,33,34). The van der Waals surface area contributed by atoms with E-state index in [1.54, 1.807) is 0 Å². The fourth-order valence-electron chi connectivity index (χ4n) is 3.23. The number of fused-ring (bicyclic) bond motifs is 1. The molecule has 0 aliphatic heterocycles. The van der Waals surface area contributed by atoms with Gasteiger partial charge in [0.25, 0.3) is 0 Å². The number of halogens is 6. The summed E-state index contributed by atoms with van der Waals surface area (Å²) < 4.78 is 89.5. The molecule has 0 aliphatic carbocycles. The molecule has 4 aromatic heterocycles. The topological polar surface area (TPSA) is 94.9 Å². The van der Waals surface area contributed by atoms with E-state index in [1.807, 2.05) is 0 Å². The van der Waals surface area contributed by atoms with E-state index in [9.17, 15) is 26.3 Å². The number of alkyl halides is 6. The van der Waals surface area contributed by atoms with Crippen LogP contribution < -0.4 is 10.1 Å². The first-order chi connectivity index (χ1) is 17.0. The van der Waals surface area contributed by atoms with Crippen LogP contribution in [0.25, 0.3) is 22.6 Å². The summed E-state index contributed by atoms with van der Waals surface area (Å²) in [4.78, 5) is 20.3. The maximum Gasteiger partial charge on any atom is 0.418 e. The third-order valence-corrected chi connectivity index (χ3v) is 4.86. The smallest absolute Gasteiger partial charge is 0.418 e. The SMILES string of the molecule is COCc1cc(Nc2ccc(C(F)(F)F)cn2)c2ncc(-c3ncc(OC)cc3C(F)(F)F)nc2n1. The molecule has 4 rings (SSSR count). The minimum Gasteiger partial charge on any atom is -0.495 e. The molecule has 0 bridgehead atoms. The molecule has 0 fully saturated rings. The number of nitrogens with one attached hydrogen (secondary N) is 1. The number of hydrogen-bond acceptors (Lipinski definition) is 8. The zero-order valence-corrected chi connectivity index (χ0v) is 18.6. The largest absolute Gasteiger partial charge is 0.495 e. The molecule has 188 valence electrons. The molecule has 0 amide bonds. The molecule has 0 atom stereocenters. The van der Waals surface area contributed by atoms with Crippen molar-refractivity contribution in [2.45, 2.75) is 19.0 Å². The Morgan fingerprint density at radius 1 is 0.861 bits per heavy atom. The van der Waals surface area contributed by atoms with Crippen molar-refractivity contribution in [3.05, 3.63) is 59.7 Å². The summed E-state index contributed by atoms with van der Waals surface area (Å²) in [6, 6.07) is 4.30. The van der Waals surface area contributed by atoms with Crippen LogP contribution in [0.3, 0.4) is 0 Å². The first-order valence-corrected chi connectivity index (χ1v) is 10.1. The van der Waals surface area contributed by atoms with Gasteiger partial charge < -0.3 is 14.8 Å². The average Bonchev–Trinajstić information content (AvgIpc) is 2.83. The highest BCUT2D eigenvalue weighted by atomic mass is 19.4. The monoisotopic (exact) mass is 510 g/mol. The molecule has 36 heavy (non-hydrogen) atoms. The molecule has 0 saturated heterocycles. The lowest BCUT2D eigenvalue weighted by molar-refractivity contribution is -0.138. The number of pyridine rings is 3. The van der Waals surface area contributed by atoms with Crippen LogP contribution in [0.1, 0.15) is 16.8 Å². The first-order valence-electron chi connectivity index (χ1n) is 10.1. The summed E-state index contributed by atoms with van der Waals surface area (Å²) in [6.45, 7) is 0.0194. The quantitative estimate of drug-likeness (QED) is 0.344. The third-order valence-electron chi connectivity index (χ3n) is 4.86. The van der Waals surface area contributed by atoms with Gasteiger partial charge in [-0.05, 0) is 24.3 Å². The van der Waals surface area contributed by atoms with E-state index < -0.39 is 29.2 Å². The summed E-state index contributed by atoms with van der Waals surface area (Å²) in [5, 5.41) is 2.85. The van der Waals surface area contributed by atoms with Crippen LogP contribution in [0.2, 0.25) is 0 Å². The van der Waals surface area contributed by atoms with Gasteiger partial charge in [-0.1, -0.05) is 0 Å². The summed E-state index contributed by atoms with van der Waals surface area (Å²) in [6.07, 6.45) is -6.42. The van der Waals surface area contributed by atoms with E-state index in [1.165, 1.54) is 20.3 Å². The Morgan fingerprint density at radius 2 is 1.64 bits per heavy atom. The molecule has 0 spiro atoms. The summed E-state index contributed by atoms with van der Waals surface area (Å²) >= 11 is 0. The highest BCUT2D eigenvalue weighted by Crippen LogP contribution is 2.37. The Balaban J connectivity index is 1.80. The van der Waals surface area contributed by atoms with Crippen molar-refractivity contribution >= 4 is 22.7 Å². The minimum atomic E-state index is -4.75. The van der Waals surface area contributed by atoms with E-state index in [0.29, 0.717) is 11.9 Å². The second-order valence-corrected chi connectivity index (χ2v) is 7.35. The van der Waals surface area contributed by atoms with Crippen LogP contribution in [0.4, 0.5) is 37.8 Å². The van der Waals surface area contributed by atoms with Gasteiger partial charge >= 0.3 is 12.4 Å². The van der Waals surface area contributed by atoms with Gasteiger partial charge in [-0.25, -0.2) is 19.9 Å². The molecule has 1 N–H and O–H groups in total. The zero-order valence-electron chi connectivity index (χ0n) is 18.6. The number of ether oxygens (including phenoxy) is 2. The lowest BCUT2D eigenvalue weighted by atomic mass is 10.1. The van der Waals surface area contributed by atoms with Crippen molar-refractivity contribution in [3.63, 3.8) is 0 Å². The van der Waals surface area contributed by atoms with Crippen molar-refractivity contribution in [3.8, 4) is 17.1 Å². The van der Waals surface area contributed by atoms with Crippen molar-refractivity contribution in [1.29, 1.82) is 0 Å².